The summed E-state index contributed by atoms with van der Waals surface area (Å²) in [6.45, 7) is 7.88. The van der Waals surface area contributed by atoms with Crippen LogP contribution in [0.4, 0.5) is 4.79 Å². The first kappa shape index (κ1) is 15.7. The molecule has 2 N–H and O–H groups in total. The van der Waals surface area contributed by atoms with E-state index in [-0.39, 0.29) is 12.5 Å². The van der Waals surface area contributed by atoms with Crippen LogP contribution in [0, 0.1) is 5.92 Å². The predicted octanol–water partition coefficient (Wildman–Crippen LogP) is 1.03. The first-order valence-corrected chi connectivity index (χ1v) is 5.48. The summed E-state index contributed by atoms with van der Waals surface area (Å²) in [6, 6.07) is 0. The Bertz CT molecular complexity index is 275. The summed E-state index contributed by atoms with van der Waals surface area (Å²) in [6.07, 6.45) is -1.70. The monoisotopic (exact) mass is 247 g/mol. The molecule has 0 saturated heterocycles. The molecule has 0 aromatic rings. The van der Waals surface area contributed by atoms with Gasteiger partial charge in [-0.25, -0.2) is 4.79 Å². The fraction of sp³-hybridized carbons (Fsp3) is 0.818. The lowest BCUT2D eigenvalue weighted by Gasteiger charge is -2.24. The first-order valence-electron chi connectivity index (χ1n) is 5.48. The van der Waals surface area contributed by atoms with Crippen molar-refractivity contribution >= 4 is 12.1 Å². The molecule has 6 heteroatoms. The maximum atomic E-state index is 11.3. The molecule has 0 aliphatic rings. The van der Waals surface area contributed by atoms with Crippen molar-refractivity contribution in [2.24, 2.45) is 5.92 Å². The summed E-state index contributed by atoms with van der Waals surface area (Å²) in [7, 11) is 0. The van der Waals surface area contributed by atoms with Crippen LogP contribution >= 0.6 is 0 Å². The molecule has 1 amide bonds. The predicted molar refractivity (Wildman–Crippen MR) is 61.2 cm³/mol. The molecule has 0 aromatic carbocycles. The number of aliphatic hydroxyl groups is 1. The Morgan fingerprint density at radius 2 is 1.76 bits per heavy atom. The molecule has 0 bridgehead atoms. The molecule has 0 spiro atoms. The van der Waals surface area contributed by atoms with Gasteiger partial charge in [0.05, 0.1) is 18.1 Å². The van der Waals surface area contributed by atoms with Gasteiger partial charge in [0.2, 0.25) is 6.29 Å². The summed E-state index contributed by atoms with van der Waals surface area (Å²) < 4.78 is 9.65. The zero-order chi connectivity index (χ0) is 13.6. The van der Waals surface area contributed by atoms with Crippen LogP contribution < -0.4 is 5.32 Å². The van der Waals surface area contributed by atoms with Gasteiger partial charge in [-0.2, -0.15) is 0 Å². The molecule has 0 saturated carbocycles. The third kappa shape index (κ3) is 6.78. The van der Waals surface area contributed by atoms with E-state index in [9.17, 15) is 9.59 Å². The molecule has 1 atom stereocenters. The van der Waals surface area contributed by atoms with Crippen molar-refractivity contribution in [1.82, 2.24) is 5.32 Å². The number of carbonyl (C=O) groups is 2. The largest absolute Gasteiger partial charge is 0.425 e. The number of nitrogens with one attached hydrogen (secondary N) is 1. The molecule has 0 radical (unpaired) electrons. The number of amides is 1. The molecule has 0 rings (SSSR count). The molecule has 0 aliphatic heterocycles. The van der Waals surface area contributed by atoms with E-state index in [4.69, 9.17) is 14.6 Å². The lowest BCUT2D eigenvalue weighted by atomic mass is 10.1. The van der Waals surface area contributed by atoms with E-state index in [1.54, 1.807) is 27.7 Å². The average molecular weight is 247 g/mol. The molecular weight excluding hydrogens is 226 g/mol. The smallest absolute Gasteiger partial charge is 0.410 e. The molecule has 0 aromatic heterocycles. The highest BCUT2D eigenvalue weighted by atomic mass is 16.7. The Balaban J connectivity index is 4.09. The van der Waals surface area contributed by atoms with Crippen molar-refractivity contribution in [2.75, 3.05) is 6.61 Å². The number of hydrogen-bond donors (Lipinski definition) is 2. The van der Waals surface area contributed by atoms with Gasteiger partial charge < -0.3 is 19.9 Å². The first-order chi connectivity index (χ1) is 7.68. The van der Waals surface area contributed by atoms with E-state index in [1.165, 1.54) is 6.92 Å². The molecule has 1 unspecified atom stereocenters. The SMILES string of the molecule is CC(OC(=O)NC(C)(C)CO)OC(=O)C(C)C. The maximum absolute atomic E-state index is 11.3. The van der Waals surface area contributed by atoms with Crippen LogP contribution in [0.5, 0.6) is 0 Å². The van der Waals surface area contributed by atoms with E-state index < -0.39 is 23.9 Å². The molecule has 0 fully saturated rings. The highest BCUT2D eigenvalue weighted by Crippen LogP contribution is 2.04. The molecule has 17 heavy (non-hydrogen) atoms. The van der Waals surface area contributed by atoms with Crippen LogP contribution in [0.3, 0.4) is 0 Å². The Morgan fingerprint density at radius 1 is 1.24 bits per heavy atom. The van der Waals surface area contributed by atoms with E-state index in [1.807, 2.05) is 0 Å². The number of alkyl carbamates (subject to hydrolysis) is 1. The van der Waals surface area contributed by atoms with Crippen molar-refractivity contribution in [3.8, 4) is 0 Å². The van der Waals surface area contributed by atoms with Gasteiger partial charge in [-0.05, 0) is 13.8 Å². The zero-order valence-electron chi connectivity index (χ0n) is 10.9. The lowest BCUT2D eigenvalue weighted by Crippen LogP contribution is -2.47. The number of aliphatic hydroxyl groups excluding tert-OH is 1. The minimum atomic E-state index is -0.959. The van der Waals surface area contributed by atoms with Gasteiger partial charge >= 0.3 is 12.1 Å². The van der Waals surface area contributed by atoms with Gasteiger partial charge in [0.25, 0.3) is 0 Å². The number of hydrogen-bond acceptors (Lipinski definition) is 5. The number of carbonyl (C=O) groups excluding carboxylic acids is 2. The number of ether oxygens (including phenoxy) is 2. The minimum absolute atomic E-state index is 0.220. The van der Waals surface area contributed by atoms with Gasteiger partial charge in [0.1, 0.15) is 0 Å². The molecule has 0 heterocycles. The Morgan fingerprint density at radius 3 is 2.18 bits per heavy atom. The van der Waals surface area contributed by atoms with E-state index in [0.717, 1.165) is 0 Å². The molecule has 100 valence electrons. The summed E-state index contributed by atoms with van der Waals surface area (Å²) in [4.78, 5) is 22.5. The van der Waals surface area contributed by atoms with Crippen LogP contribution in [0.15, 0.2) is 0 Å². The van der Waals surface area contributed by atoms with Crippen molar-refractivity contribution in [1.29, 1.82) is 0 Å². The van der Waals surface area contributed by atoms with Crippen LogP contribution in [-0.4, -0.2) is 35.6 Å². The highest BCUT2D eigenvalue weighted by molar-refractivity contribution is 5.72. The fourth-order valence-corrected chi connectivity index (χ4v) is 0.820. The lowest BCUT2D eigenvalue weighted by molar-refractivity contribution is -0.168. The van der Waals surface area contributed by atoms with Crippen molar-refractivity contribution in [3.05, 3.63) is 0 Å². The van der Waals surface area contributed by atoms with Gasteiger partial charge in [-0.3, -0.25) is 4.79 Å². The summed E-state index contributed by atoms with van der Waals surface area (Å²) in [5.41, 5.74) is -0.779. The molecule has 6 nitrogen and oxygen atoms in total. The molecule has 0 aliphatic carbocycles. The Hall–Kier alpha value is -1.30. The summed E-state index contributed by atoms with van der Waals surface area (Å²) >= 11 is 0. The van der Waals surface area contributed by atoms with Gasteiger partial charge in [-0.15, -0.1) is 0 Å². The summed E-state index contributed by atoms with van der Waals surface area (Å²) in [5.74, 6) is -0.718. The van der Waals surface area contributed by atoms with E-state index in [0.29, 0.717) is 0 Å². The maximum Gasteiger partial charge on any atom is 0.410 e. The summed E-state index contributed by atoms with van der Waals surface area (Å²) in [5, 5.41) is 11.4. The fourth-order valence-electron chi connectivity index (χ4n) is 0.820. The van der Waals surface area contributed by atoms with Crippen LogP contribution in [0.25, 0.3) is 0 Å². The van der Waals surface area contributed by atoms with Crippen molar-refractivity contribution < 1.29 is 24.2 Å². The van der Waals surface area contributed by atoms with Gasteiger partial charge in [-0.1, -0.05) is 13.8 Å². The van der Waals surface area contributed by atoms with Crippen LogP contribution in [0.2, 0.25) is 0 Å². The Labute approximate surface area is 101 Å². The van der Waals surface area contributed by atoms with Gasteiger partial charge in [0.15, 0.2) is 0 Å². The van der Waals surface area contributed by atoms with E-state index >= 15 is 0 Å². The topological polar surface area (TPSA) is 84.9 Å². The second-order valence-electron chi connectivity index (χ2n) is 4.73. The Kier molecular flexibility index (Phi) is 5.95. The second-order valence-corrected chi connectivity index (χ2v) is 4.73. The second kappa shape index (κ2) is 6.44. The number of rotatable bonds is 5. The average Bonchev–Trinajstić information content (AvgIpc) is 2.15. The third-order valence-corrected chi connectivity index (χ3v) is 1.86. The normalized spacial score (nSPS) is 13.1. The third-order valence-electron chi connectivity index (χ3n) is 1.86. The standard InChI is InChI=1S/C11H21NO5/c1-7(2)9(14)16-8(3)17-10(15)12-11(4,5)6-13/h7-8,13H,6H2,1-5H3,(H,12,15). The van der Waals surface area contributed by atoms with Crippen LogP contribution in [0.1, 0.15) is 34.6 Å². The highest BCUT2D eigenvalue weighted by Gasteiger charge is 2.22. The minimum Gasteiger partial charge on any atom is -0.425 e. The van der Waals surface area contributed by atoms with Crippen molar-refractivity contribution in [2.45, 2.75) is 46.4 Å². The quantitative estimate of drug-likeness (QED) is 0.560. The molecular formula is C11H21NO5. The number of esters is 1. The zero-order valence-corrected chi connectivity index (χ0v) is 10.9. The van der Waals surface area contributed by atoms with Crippen LogP contribution in [-0.2, 0) is 14.3 Å². The van der Waals surface area contributed by atoms with Gasteiger partial charge in [0, 0.05) is 6.92 Å². The van der Waals surface area contributed by atoms with Crippen molar-refractivity contribution in [3.63, 3.8) is 0 Å². The van der Waals surface area contributed by atoms with E-state index in [2.05, 4.69) is 5.32 Å².